The number of aromatic hydroxyl groups is 1. The predicted molar refractivity (Wildman–Crippen MR) is 122 cm³/mol. The number of hydrogen-bond donors (Lipinski definition) is 1. The Morgan fingerprint density at radius 3 is 2.63 bits per heavy atom. The Morgan fingerprint density at radius 1 is 0.967 bits per heavy atom. The summed E-state index contributed by atoms with van der Waals surface area (Å²) in [5.74, 6) is 0.812. The molecule has 4 aromatic carbocycles. The first-order valence-corrected chi connectivity index (χ1v) is 9.96. The zero-order valence-corrected chi connectivity index (χ0v) is 16.5. The summed E-state index contributed by atoms with van der Waals surface area (Å²) in [7, 11) is 0. The van der Waals surface area contributed by atoms with E-state index < -0.39 is 0 Å². The molecule has 0 aliphatic carbocycles. The van der Waals surface area contributed by atoms with Crippen molar-refractivity contribution in [3.8, 4) is 17.2 Å². The maximum absolute atomic E-state index is 10.3. The number of phenols is 1. The summed E-state index contributed by atoms with van der Waals surface area (Å²) in [5.41, 5.74) is 5.30. The van der Waals surface area contributed by atoms with Gasteiger partial charge in [-0.1, -0.05) is 43.3 Å². The van der Waals surface area contributed by atoms with Crippen molar-refractivity contribution in [3.05, 3.63) is 90.0 Å². The molecule has 5 rings (SSSR count). The lowest BCUT2D eigenvalue weighted by molar-refractivity contribution is 0.475. The van der Waals surface area contributed by atoms with E-state index in [-0.39, 0.29) is 5.75 Å². The second-order valence-electron chi connectivity index (χ2n) is 7.20. The molecule has 30 heavy (non-hydrogen) atoms. The first-order valence-electron chi connectivity index (χ1n) is 9.96. The van der Waals surface area contributed by atoms with Gasteiger partial charge in [0.05, 0.1) is 5.69 Å². The molecule has 146 valence electrons. The second-order valence-corrected chi connectivity index (χ2v) is 7.20. The lowest BCUT2D eigenvalue weighted by Crippen LogP contribution is -1.85. The van der Waals surface area contributed by atoms with Crippen LogP contribution in [0.3, 0.4) is 0 Å². The first kappa shape index (κ1) is 18.1. The third-order valence-electron chi connectivity index (χ3n) is 5.26. The van der Waals surface area contributed by atoms with Crippen LogP contribution in [0.15, 0.2) is 88.3 Å². The normalized spacial score (nSPS) is 11.6. The quantitative estimate of drug-likeness (QED) is 0.348. The van der Waals surface area contributed by atoms with Crippen molar-refractivity contribution in [1.82, 2.24) is 4.98 Å². The van der Waals surface area contributed by atoms with Gasteiger partial charge in [0.15, 0.2) is 5.58 Å². The third kappa shape index (κ3) is 3.33. The Balaban J connectivity index is 1.44. The molecule has 1 aromatic heterocycles. The minimum absolute atomic E-state index is 0.215. The lowest BCUT2D eigenvalue weighted by atomic mass is 10.0. The molecule has 0 aliphatic heterocycles. The Kier molecular flexibility index (Phi) is 4.52. The van der Waals surface area contributed by atoms with Crippen molar-refractivity contribution in [3.63, 3.8) is 0 Å². The van der Waals surface area contributed by atoms with Crippen LogP contribution in [0.5, 0.6) is 5.75 Å². The van der Waals surface area contributed by atoms with E-state index in [1.165, 1.54) is 5.56 Å². The van der Waals surface area contributed by atoms with Gasteiger partial charge in [-0.2, -0.15) is 0 Å². The Morgan fingerprint density at radius 2 is 1.80 bits per heavy atom. The average molecular weight is 392 g/mol. The maximum Gasteiger partial charge on any atom is 0.227 e. The highest BCUT2D eigenvalue weighted by molar-refractivity contribution is 6.03. The van der Waals surface area contributed by atoms with Gasteiger partial charge in [-0.25, -0.2) is 4.98 Å². The van der Waals surface area contributed by atoms with Crippen LogP contribution in [0.4, 0.5) is 5.69 Å². The summed E-state index contributed by atoms with van der Waals surface area (Å²) in [5, 5.41) is 12.3. The van der Waals surface area contributed by atoms with E-state index in [0.29, 0.717) is 11.5 Å². The average Bonchev–Trinajstić information content (AvgIpc) is 3.22. The van der Waals surface area contributed by atoms with E-state index in [2.05, 4.69) is 29.0 Å². The fraction of sp³-hybridized carbons (Fsp3) is 0.0769. The van der Waals surface area contributed by atoms with E-state index in [9.17, 15) is 5.11 Å². The molecule has 4 heteroatoms. The summed E-state index contributed by atoms with van der Waals surface area (Å²) in [6, 6.07) is 25.4. The standard InChI is InChI=1S/C26H20N2O2/c1-2-17-7-14-25-23(15-17)28-26(30-25)19-8-11-20(12-9-19)27-16-22-21-6-4-3-5-18(21)10-13-24(22)29/h3-16,29H,2H2,1H3. The van der Waals surface area contributed by atoms with Gasteiger partial charge < -0.3 is 9.52 Å². The van der Waals surface area contributed by atoms with Crippen LogP contribution < -0.4 is 0 Å². The number of hydrogen-bond acceptors (Lipinski definition) is 4. The van der Waals surface area contributed by atoms with Crippen LogP contribution in [0.1, 0.15) is 18.1 Å². The molecule has 0 bridgehead atoms. The van der Waals surface area contributed by atoms with E-state index in [1.807, 2.05) is 60.7 Å². The fourth-order valence-electron chi connectivity index (χ4n) is 3.57. The number of rotatable bonds is 4. The molecule has 1 heterocycles. The summed E-state index contributed by atoms with van der Waals surface area (Å²) in [6.45, 7) is 2.12. The lowest BCUT2D eigenvalue weighted by Gasteiger charge is -2.04. The number of phenolic OH excluding ortho intramolecular Hbond substituents is 1. The Hall–Kier alpha value is -3.92. The van der Waals surface area contributed by atoms with Gasteiger partial charge in [0, 0.05) is 17.3 Å². The molecule has 0 spiro atoms. The van der Waals surface area contributed by atoms with Gasteiger partial charge in [0.2, 0.25) is 5.89 Å². The van der Waals surface area contributed by atoms with Gasteiger partial charge in [-0.15, -0.1) is 0 Å². The SMILES string of the molecule is CCc1ccc2oc(-c3ccc(N=Cc4c(O)ccc5ccccc45)cc3)nc2c1. The molecule has 0 saturated carbocycles. The summed E-state index contributed by atoms with van der Waals surface area (Å²) < 4.78 is 5.90. The van der Waals surface area contributed by atoms with Crippen molar-refractivity contribution in [2.24, 2.45) is 4.99 Å². The molecule has 5 aromatic rings. The molecular weight excluding hydrogens is 372 g/mol. The second kappa shape index (κ2) is 7.48. The number of aromatic nitrogens is 1. The van der Waals surface area contributed by atoms with Gasteiger partial charge in [0.25, 0.3) is 0 Å². The number of benzene rings is 4. The zero-order chi connectivity index (χ0) is 20.5. The molecule has 0 unspecified atom stereocenters. The summed E-state index contributed by atoms with van der Waals surface area (Å²) in [4.78, 5) is 9.17. The number of aliphatic imine (C=N–C) groups is 1. The highest BCUT2D eigenvalue weighted by Gasteiger charge is 2.09. The molecule has 0 amide bonds. The van der Waals surface area contributed by atoms with Gasteiger partial charge >= 0.3 is 0 Å². The largest absolute Gasteiger partial charge is 0.507 e. The van der Waals surface area contributed by atoms with Crippen molar-refractivity contribution in [1.29, 1.82) is 0 Å². The van der Waals surface area contributed by atoms with Crippen LogP contribution >= 0.6 is 0 Å². The van der Waals surface area contributed by atoms with Crippen LogP contribution in [0.25, 0.3) is 33.3 Å². The highest BCUT2D eigenvalue weighted by atomic mass is 16.3. The van der Waals surface area contributed by atoms with Gasteiger partial charge in [-0.3, -0.25) is 4.99 Å². The Labute approximate surface area is 174 Å². The van der Waals surface area contributed by atoms with E-state index in [4.69, 9.17) is 4.42 Å². The molecule has 0 aliphatic rings. The van der Waals surface area contributed by atoms with E-state index >= 15 is 0 Å². The van der Waals surface area contributed by atoms with E-state index in [0.717, 1.165) is 39.5 Å². The summed E-state index contributed by atoms with van der Waals surface area (Å²) >= 11 is 0. The van der Waals surface area contributed by atoms with Crippen molar-refractivity contribution in [2.45, 2.75) is 13.3 Å². The Bertz CT molecular complexity index is 1380. The third-order valence-corrected chi connectivity index (χ3v) is 5.26. The minimum Gasteiger partial charge on any atom is -0.507 e. The molecule has 4 nitrogen and oxygen atoms in total. The van der Waals surface area contributed by atoms with Crippen LogP contribution in [-0.2, 0) is 6.42 Å². The van der Waals surface area contributed by atoms with Crippen LogP contribution in [0.2, 0.25) is 0 Å². The summed E-state index contributed by atoms with van der Waals surface area (Å²) in [6.07, 6.45) is 2.68. The predicted octanol–water partition coefficient (Wildman–Crippen LogP) is 6.67. The monoisotopic (exact) mass is 392 g/mol. The molecule has 0 radical (unpaired) electrons. The molecular formula is C26H20N2O2. The van der Waals surface area contributed by atoms with Gasteiger partial charge in [0.1, 0.15) is 11.3 Å². The van der Waals surface area contributed by atoms with Crippen molar-refractivity contribution >= 4 is 33.8 Å². The van der Waals surface area contributed by atoms with E-state index in [1.54, 1.807) is 12.3 Å². The molecule has 0 fully saturated rings. The smallest absolute Gasteiger partial charge is 0.227 e. The van der Waals surface area contributed by atoms with Crippen LogP contribution in [-0.4, -0.2) is 16.3 Å². The minimum atomic E-state index is 0.215. The molecule has 0 saturated heterocycles. The number of oxazole rings is 1. The fourth-order valence-corrected chi connectivity index (χ4v) is 3.57. The number of aryl methyl sites for hydroxylation is 1. The zero-order valence-electron chi connectivity index (χ0n) is 16.5. The number of nitrogens with zero attached hydrogens (tertiary/aromatic N) is 2. The highest BCUT2D eigenvalue weighted by Crippen LogP contribution is 2.28. The molecule has 0 atom stereocenters. The topological polar surface area (TPSA) is 58.6 Å². The van der Waals surface area contributed by atoms with Crippen molar-refractivity contribution < 1.29 is 9.52 Å². The van der Waals surface area contributed by atoms with Crippen molar-refractivity contribution in [2.75, 3.05) is 0 Å². The number of fused-ring (bicyclic) bond motifs is 2. The van der Waals surface area contributed by atoms with Crippen LogP contribution in [0, 0.1) is 0 Å². The molecule has 1 N–H and O–H groups in total. The maximum atomic E-state index is 10.3. The van der Waals surface area contributed by atoms with Gasteiger partial charge in [-0.05, 0) is 65.2 Å². The first-order chi connectivity index (χ1) is 14.7.